The number of nitro benzene ring substituents is 1. The summed E-state index contributed by atoms with van der Waals surface area (Å²) in [6, 6.07) is 2.40. The molecular formula is C12H12Cl2N2O4. The topological polar surface area (TPSA) is 83.7 Å². The second-order valence-corrected chi connectivity index (χ2v) is 5.81. The Bertz CT molecular complexity index is 589. The highest BCUT2D eigenvalue weighted by atomic mass is 35.5. The van der Waals surface area contributed by atoms with Crippen molar-refractivity contribution in [3.05, 3.63) is 37.9 Å². The van der Waals surface area contributed by atoms with E-state index in [9.17, 15) is 20.0 Å². The minimum absolute atomic E-state index is 0.0461. The van der Waals surface area contributed by atoms with Gasteiger partial charge in [0, 0.05) is 24.7 Å². The Morgan fingerprint density at radius 1 is 1.50 bits per heavy atom. The first-order valence-corrected chi connectivity index (χ1v) is 6.62. The van der Waals surface area contributed by atoms with Gasteiger partial charge in [-0.25, -0.2) is 0 Å². The Hall–Kier alpha value is -1.37. The van der Waals surface area contributed by atoms with Gasteiger partial charge in [0.15, 0.2) is 0 Å². The van der Waals surface area contributed by atoms with E-state index in [1.54, 1.807) is 6.92 Å². The summed E-state index contributed by atoms with van der Waals surface area (Å²) in [5, 5.41) is 20.5. The molecule has 1 saturated heterocycles. The van der Waals surface area contributed by atoms with Crippen molar-refractivity contribution in [2.24, 2.45) is 0 Å². The molecule has 20 heavy (non-hydrogen) atoms. The number of halogens is 2. The molecular weight excluding hydrogens is 307 g/mol. The summed E-state index contributed by atoms with van der Waals surface area (Å²) in [4.78, 5) is 23.9. The van der Waals surface area contributed by atoms with E-state index in [0.29, 0.717) is 13.0 Å². The van der Waals surface area contributed by atoms with Crippen molar-refractivity contribution in [1.82, 2.24) is 4.90 Å². The SMILES string of the molecule is CC1(O)CCN(C(=O)c2cc(Cl)c(Cl)c([N+](=O)[O-])c2)C1. The third-order valence-electron chi connectivity index (χ3n) is 3.19. The van der Waals surface area contributed by atoms with Crippen LogP contribution in [0.3, 0.4) is 0 Å². The molecule has 1 aromatic rings. The number of carbonyl (C=O) groups is 1. The second-order valence-electron chi connectivity index (χ2n) is 5.02. The highest BCUT2D eigenvalue weighted by Gasteiger charge is 2.35. The van der Waals surface area contributed by atoms with Gasteiger partial charge in [0.05, 0.1) is 15.5 Å². The standard InChI is InChI=1S/C12H12Cl2N2O4/c1-12(18)2-3-15(6-12)11(17)7-4-8(13)10(14)9(5-7)16(19)20/h4-5,18H,2-3,6H2,1H3. The summed E-state index contributed by atoms with van der Waals surface area (Å²) in [5.41, 5.74) is -1.25. The zero-order valence-corrected chi connectivity index (χ0v) is 12.1. The monoisotopic (exact) mass is 318 g/mol. The molecule has 1 heterocycles. The molecule has 1 amide bonds. The lowest BCUT2D eigenvalue weighted by atomic mass is 10.1. The molecule has 108 valence electrons. The zero-order valence-electron chi connectivity index (χ0n) is 10.6. The van der Waals surface area contributed by atoms with Crippen LogP contribution in [0.25, 0.3) is 0 Å². The third kappa shape index (κ3) is 2.87. The van der Waals surface area contributed by atoms with E-state index in [-0.39, 0.29) is 22.2 Å². The molecule has 0 radical (unpaired) electrons. The predicted molar refractivity (Wildman–Crippen MR) is 74.3 cm³/mol. The maximum absolute atomic E-state index is 12.3. The minimum atomic E-state index is -0.933. The number of β-amino-alcohol motifs (C(OH)–C–C–N with tert-alkyl or cyclic N) is 1. The summed E-state index contributed by atoms with van der Waals surface area (Å²) in [7, 11) is 0. The van der Waals surface area contributed by atoms with Crippen molar-refractivity contribution in [2.45, 2.75) is 18.9 Å². The molecule has 1 unspecified atom stereocenters. The molecule has 6 nitrogen and oxygen atoms in total. The van der Waals surface area contributed by atoms with E-state index >= 15 is 0 Å². The first kappa shape index (κ1) is 15.0. The number of carbonyl (C=O) groups excluding carboxylic acids is 1. The van der Waals surface area contributed by atoms with E-state index in [1.165, 1.54) is 11.0 Å². The van der Waals surface area contributed by atoms with Crippen LogP contribution in [-0.4, -0.2) is 39.5 Å². The molecule has 0 aliphatic carbocycles. The molecule has 1 fully saturated rings. The number of hydrogen-bond donors (Lipinski definition) is 1. The van der Waals surface area contributed by atoms with Crippen LogP contribution in [0.2, 0.25) is 10.0 Å². The lowest BCUT2D eigenvalue weighted by molar-refractivity contribution is -0.384. The maximum Gasteiger partial charge on any atom is 0.290 e. The van der Waals surface area contributed by atoms with Crippen LogP contribution in [0.1, 0.15) is 23.7 Å². The fourth-order valence-corrected chi connectivity index (χ4v) is 2.52. The first-order chi connectivity index (χ1) is 9.21. The molecule has 0 saturated carbocycles. The van der Waals surface area contributed by atoms with E-state index in [1.807, 2.05) is 0 Å². The fourth-order valence-electron chi connectivity index (χ4n) is 2.13. The number of hydrogen-bond acceptors (Lipinski definition) is 4. The van der Waals surface area contributed by atoms with Gasteiger partial charge in [-0.3, -0.25) is 14.9 Å². The molecule has 1 aliphatic heterocycles. The molecule has 0 spiro atoms. The van der Waals surface area contributed by atoms with E-state index in [0.717, 1.165) is 6.07 Å². The summed E-state index contributed by atoms with van der Waals surface area (Å²) in [6.07, 6.45) is 0.460. The van der Waals surface area contributed by atoms with Crippen molar-refractivity contribution < 1.29 is 14.8 Å². The van der Waals surface area contributed by atoms with Gasteiger partial charge >= 0.3 is 0 Å². The Labute approximate surface area is 125 Å². The minimum Gasteiger partial charge on any atom is -0.388 e. The molecule has 1 aliphatic rings. The molecule has 2 rings (SSSR count). The van der Waals surface area contributed by atoms with Crippen LogP contribution < -0.4 is 0 Å². The number of rotatable bonds is 2. The van der Waals surface area contributed by atoms with Gasteiger partial charge in [-0.1, -0.05) is 23.2 Å². The van der Waals surface area contributed by atoms with Crippen molar-refractivity contribution in [2.75, 3.05) is 13.1 Å². The average Bonchev–Trinajstić information content (AvgIpc) is 2.71. The molecule has 0 bridgehead atoms. The Kier molecular flexibility index (Phi) is 3.90. The number of likely N-dealkylation sites (tertiary alicyclic amines) is 1. The fraction of sp³-hybridized carbons (Fsp3) is 0.417. The third-order valence-corrected chi connectivity index (χ3v) is 3.98. The van der Waals surface area contributed by atoms with Gasteiger partial charge in [0.1, 0.15) is 5.02 Å². The Balaban J connectivity index is 2.34. The highest BCUT2D eigenvalue weighted by molar-refractivity contribution is 6.43. The van der Waals surface area contributed by atoms with Gasteiger partial charge in [-0.15, -0.1) is 0 Å². The molecule has 0 aromatic heterocycles. The van der Waals surface area contributed by atoms with Crippen molar-refractivity contribution >= 4 is 34.8 Å². The quantitative estimate of drug-likeness (QED) is 0.670. The average molecular weight is 319 g/mol. The van der Waals surface area contributed by atoms with Crippen LogP contribution in [0.4, 0.5) is 5.69 Å². The van der Waals surface area contributed by atoms with Crippen molar-refractivity contribution in [3.63, 3.8) is 0 Å². The van der Waals surface area contributed by atoms with Crippen LogP contribution in [0, 0.1) is 10.1 Å². The van der Waals surface area contributed by atoms with Crippen LogP contribution in [-0.2, 0) is 0 Å². The molecule has 8 heteroatoms. The van der Waals surface area contributed by atoms with Crippen molar-refractivity contribution in [3.8, 4) is 0 Å². The lowest BCUT2D eigenvalue weighted by Gasteiger charge is -2.19. The predicted octanol–water partition coefficient (Wildman–Crippen LogP) is 2.50. The summed E-state index contributed by atoms with van der Waals surface area (Å²) < 4.78 is 0. The van der Waals surface area contributed by atoms with E-state index < -0.39 is 22.1 Å². The number of amides is 1. The number of benzene rings is 1. The molecule has 1 N–H and O–H groups in total. The zero-order chi connectivity index (χ0) is 15.1. The number of aliphatic hydroxyl groups is 1. The lowest BCUT2D eigenvalue weighted by Crippen LogP contribution is -2.33. The Morgan fingerprint density at radius 2 is 2.15 bits per heavy atom. The number of nitro groups is 1. The number of nitrogens with zero attached hydrogens (tertiary/aromatic N) is 2. The summed E-state index contributed by atoms with van der Waals surface area (Å²) in [6.45, 7) is 2.21. The summed E-state index contributed by atoms with van der Waals surface area (Å²) in [5.74, 6) is -0.413. The van der Waals surface area contributed by atoms with Gasteiger partial charge in [-0.2, -0.15) is 0 Å². The van der Waals surface area contributed by atoms with Gasteiger partial charge in [0.25, 0.3) is 11.6 Å². The maximum atomic E-state index is 12.3. The van der Waals surface area contributed by atoms with Crippen LogP contribution in [0.15, 0.2) is 12.1 Å². The Morgan fingerprint density at radius 3 is 2.65 bits per heavy atom. The normalized spacial score (nSPS) is 22.1. The molecule has 1 atom stereocenters. The largest absolute Gasteiger partial charge is 0.388 e. The molecule has 1 aromatic carbocycles. The van der Waals surface area contributed by atoms with Gasteiger partial charge < -0.3 is 10.0 Å². The van der Waals surface area contributed by atoms with Crippen LogP contribution >= 0.6 is 23.2 Å². The van der Waals surface area contributed by atoms with E-state index in [4.69, 9.17) is 23.2 Å². The van der Waals surface area contributed by atoms with Crippen molar-refractivity contribution in [1.29, 1.82) is 0 Å². The highest BCUT2D eigenvalue weighted by Crippen LogP contribution is 2.34. The van der Waals surface area contributed by atoms with E-state index in [2.05, 4.69) is 0 Å². The second kappa shape index (κ2) is 5.20. The van der Waals surface area contributed by atoms with Crippen LogP contribution in [0.5, 0.6) is 0 Å². The van der Waals surface area contributed by atoms with Gasteiger partial charge in [-0.05, 0) is 19.4 Å². The van der Waals surface area contributed by atoms with Gasteiger partial charge in [0.2, 0.25) is 0 Å². The first-order valence-electron chi connectivity index (χ1n) is 5.86. The smallest absolute Gasteiger partial charge is 0.290 e. The summed E-state index contributed by atoms with van der Waals surface area (Å²) >= 11 is 11.5.